The van der Waals surface area contributed by atoms with Gasteiger partial charge in [-0.15, -0.1) is 0 Å². The van der Waals surface area contributed by atoms with Gasteiger partial charge in [0.05, 0.1) is 0 Å². The van der Waals surface area contributed by atoms with Crippen LogP contribution in [0.1, 0.15) is 25.7 Å². The molecule has 0 aromatic carbocycles. The van der Waals surface area contributed by atoms with Crippen LogP contribution in [0.4, 0.5) is 0 Å². The minimum absolute atomic E-state index is 0. The molecule has 0 radical (unpaired) electrons. The normalized spacial score (nSPS) is 8.21. The summed E-state index contributed by atoms with van der Waals surface area (Å²) in [4.78, 5) is 22.0. The van der Waals surface area contributed by atoms with Crippen LogP contribution >= 0.6 is 12.2 Å². The third-order valence-corrected chi connectivity index (χ3v) is 2.39. The summed E-state index contributed by atoms with van der Waals surface area (Å²) in [5.74, 6) is -2.24. The molecule has 0 aliphatic carbocycles. The van der Waals surface area contributed by atoms with Crippen molar-refractivity contribution in [2.75, 3.05) is 13.1 Å². The van der Waals surface area contributed by atoms with Crippen LogP contribution in [-0.4, -0.2) is 34.2 Å². The minimum Gasteiger partial charge on any atom is -0.550 e. The standard InChI is InChI=1S/C9H15NO4S2.3Na/c11-7(12)3-1-5-10(9(15)16)6-2-4-8(13)14;;;/h1-6H2,(H,11,12)(H,13,14)(H,15,16);;;/q;3*+1/p-3. The first-order chi connectivity index (χ1) is 7.43. The van der Waals surface area contributed by atoms with Gasteiger partial charge in [-0.25, -0.2) is 0 Å². The number of carboxylic acid groups (broad SMARTS) is 2. The number of hydrogen-bond donors (Lipinski definition) is 0. The first-order valence-corrected chi connectivity index (χ1v) is 5.60. The Balaban J connectivity index is -0.000000375. The first kappa shape index (κ1) is 29.1. The van der Waals surface area contributed by atoms with Crippen LogP contribution in [0.25, 0.3) is 0 Å². The molecule has 0 unspecified atom stereocenters. The SMILES string of the molecule is O=C([O-])CCCN(CCCC(=O)[O-])C(=S)[S-].[Na+].[Na+].[Na+]. The van der Waals surface area contributed by atoms with Crippen molar-refractivity contribution < 1.29 is 108 Å². The molecule has 0 aromatic rings. The van der Waals surface area contributed by atoms with Crippen molar-refractivity contribution in [3.63, 3.8) is 0 Å². The quantitative estimate of drug-likeness (QED) is 0.248. The van der Waals surface area contributed by atoms with E-state index in [1.165, 1.54) is 0 Å². The molecular formula is C9H12NNa3O4S2. The van der Waals surface area contributed by atoms with Crippen molar-refractivity contribution in [3.8, 4) is 0 Å². The number of carbonyl (C=O) groups is 2. The second kappa shape index (κ2) is 18.1. The summed E-state index contributed by atoms with van der Waals surface area (Å²) in [5.41, 5.74) is 0. The fourth-order valence-electron chi connectivity index (χ4n) is 1.12. The van der Waals surface area contributed by atoms with E-state index < -0.39 is 11.9 Å². The zero-order chi connectivity index (χ0) is 12.6. The van der Waals surface area contributed by atoms with E-state index in [2.05, 4.69) is 0 Å². The Morgan fingerprint density at radius 2 is 1.26 bits per heavy atom. The van der Waals surface area contributed by atoms with Gasteiger partial charge < -0.3 is 49.5 Å². The summed E-state index contributed by atoms with van der Waals surface area (Å²) in [6.07, 6.45) is 0.638. The maximum Gasteiger partial charge on any atom is 1.00 e. The number of carboxylic acids is 2. The predicted octanol–water partition coefficient (Wildman–Crippen LogP) is -10.8. The summed E-state index contributed by atoms with van der Waals surface area (Å²) < 4.78 is 0.219. The van der Waals surface area contributed by atoms with E-state index in [-0.39, 0.29) is 106 Å². The molecule has 0 fully saturated rings. The fourth-order valence-corrected chi connectivity index (χ4v) is 1.49. The van der Waals surface area contributed by atoms with Crippen LogP contribution in [0.5, 0.6) is 0 Å². The Bertz CT molecular complexity index is 262. The molecule has 0 aromatic heterocycles. The molecule has 5 nitrogen and oxygen atoms in total. The summed E-state index contributed by atoms with van der Waals surface area (Å²) in [7, 11) is 0. The van der Waals surface area contributed by atoms with Gasteiger partial charge in [0.15, 0.2) is 0 Å². The Hall–Kier alpha value is 2.05. The smallest absolute Gasteiger partial charge is 0.550 e. The fraction of sp³-hybridized carbons (Fsp3) is 0.667. The molecule has 0 spiro atoms. The van der Waals surface area contributed by atoms with E-state index in [0.717, 1.165) is 0 Å². The number of rotatable bonds is 8. The summed E-state index contributed by atoms with van der Waals surface area (Å²) in [5, 5.41) is 20.4. The van der Waals surface area contributed by atoms with Gasteiger partial charge >= 0.3 is 88.7 Å². The summed E-state index contributed by atoms with van der Waals surface area (Å²) in [6.45, 7) is 0.812. The average molecular weight is 331 g/mol. The molecule has 0 bridgehead atoms. The summed E-state index contributed by atoms with van der Waals surface area (Å²) >= 11 is 9.58. The van der Waals surface area contributed by atoms with Crippen LogP contribution in [0.15, 0.2) is 0 Å². The van der Waals surface area contributed by atoms with Gasteiger partial charge in [0, 0.05) is 25.0 Å². The van der Waals surface area contributed by atoms with Gasteiger partial charge in [-0.3, -0.25) is 0 Å². The van der Waals surface area contributed by atoms with E-state index >= 15 is 0 Å². The zero-order valence-corrected chi connectivity index (χ0v) is 19.3. The van der Waals surface area contributed by atoms with E-state index in [1.54, 1.807) is 4.90 Å². The zero-order valence-electron chi connectivity index (χ0n) is 11.6. The van der Waals surface area contributed by atoms with Gasteiger partial charge in [-0.1, -0.05) is 4.32 Å². The number of nitrogens with zero attached hydrogens (tertiary/aromatic N) is 1. The second-order valence-corrected chi connectivity index (χ2v) is 4.24. The third-order valence-electron chi connectivity index (χ3n) is 1.88. The predicted molar refractivity (Wildman–Crippen MR) is 60.0 cm³/mol. The van der Waals surface area contributed by atoms with Crippen molar-refractivity contribution in [3.05, 3.63) is 0 Å². The average Bonchev–Trinajstić information content (AvgIpc) is 2.14. The van der Waals surface area contributed by atoms with Crippen molar-refractivity contribution in [1.29, 1.82) is 0 Å². The molecule has 10 heteroatoms. The van der Waals surface area contributed by atoms with Gasteiger partial charge in [0.25, 0.3) is 0 Å². The Morgan fingerprint density at radius 3 is 1.47 bits per heavy atom. The largest absolute Gasteiger partial charge is 1.00 e. The van der Waals surface area contributed by atoms with E-state index in [0.29, 0.717) is 25.9 Å². The molecule has 19 heavy (non-hydrogen) atoms. The number of carbonyl (C=O) groups excluding carboxylic acids is 2. The maximum absolute atomic E-state index is 10.2. The van der Waals surface area contributed by atoms with Crippen LogP contribution in [0.3, 0.4) is 0 Å². The minimum atomic E-state index is -1.12. The van der Waals surface area contributed by atoms with Crippen LogP contribution < -0.4 is 98.9 Å². The molecule has 92 valence electrons. The molecule has 0 N–H and O–H groups in total. The third kappa shape index (κ3) is 20.1. The van der Waals surface area contributed by atoms with Gasteiger partial charge in [-0.05, 0) is 25.7 Å². The topological polar surface area (TPSA) is 83.5 Å². The Morgan fingerprint density at radius 1 is 0.947 bits per heavy atom. The van der Waals surface area contributed by atoms with Crippen molar-refractivity contribution in [2.24, 2.45) is 0 Å². The van der Waals surface area contributed by atoms with Gasteiger partial charge in [0.1, 0.15) is 0 Å². The van der Waals surface area contributed by atoms with Crippen molar-refractivity contribution in [2.45, 2.75) is 25.7 Å². The van der Waals surface area contributed by atoms with Gasteiger partial charge in [-0.2, -0.15) is 0 Å². The monoisotopic (exact) mass is 331 g/mol. The number of hydrogen-bond acceptors (Lipinski definition) is 6. The molecule has 0 heterocycles. The molecule has 0 aliphatic heterocycles. The van der Waals surface area contributed by atoms with Crippen LogP contribution in [-0.2, 0) is 22.2 Å². The first-order valence-electron chi connectivity index (χ1n) is 4.79. The maximum atomic E-state index is 10.2. The van der Waals surface area contributed by atoms with Crippen molar-refractivity contribution >= 4 is 41.1 Å². The van der Waals surface area contributed by atoms with Gasteiger partial charge in [0.2, 0.25) is 0 Å². The molecule has 0 rings (SSSR count). The molecular weight excluding hydrogens is 319 g/mol. The van der Waals surface area contributed by atoms with E-state index in [1.807, 2.05) is 0 Å². The van der Waals surface area contributed by atoms with Crippen LogP contribution in [0, 0.1) is 0 Å². The molecule has 0 saturated carbocycles. The number of aliphatic carboxylic acids is 2. The second-order valence-electron chi connectivity index (χ2n) is 3.20. The summed E-state index contributed by atoms with van der Waals surface area (Å²) in [6, 6.07) is 0. The molecule has 0 amide bonds. The molecule has 0 saturated heterocycles. The van der Waals surface area contributed by atoms with E-state index in [4.69, 9.17) is 24.8 Å². The number of thiocarbonyl (C=S) groups is 1. The Kier molecular flexibility index (Phi) is 27.7. The van der Waals surface area contributed by atoms with E-state index in [9.17, 15) is 19.8 Å². The molecule has 0 aliphatic rings. The Labute approximate surface area is 190 Å². The molecule has 0 atom stereocenters. The van der Waals surface area contributed by atoms with Crippen LogP contribution in [0.2, 0.25) is 0 Å². The van der Waals surface area contributed by atoms with Crippen molar-refractivity contribution in [1.82, 2.24) is 4.90 Å².